The molecule has 0 fully saturated rings. The number of nitrogens with zero attached hydrogens (tertiary/aromatic N) is 2. The van der Waals surface area contributed by atoms with Crippen molar-refractivity contribution in [3.05, 3.63) is 66.1 Å². The molecule has 1 heterocycles. The van der Waals surface area contributed by atoms with Crippen LogP contribution in [-0.4, -0.2) is 22.2 Å². The van der Waals surface area contributed by atoms with Crippen LogP contribution in [0.1, 0.15) is 30.1 Å². The molecule has 0 atom stereocenters. The van der Waals surface area contributed by atoms with Crippen molar-refractivity contribution in [2.24, 2.45) is 0 Å². The van der Waals surface area contributed by atoms with Gasteiger partial charge in [0, 0.05) is 11.1 Å². The van der Waals surface area contributed by atoms with Crippen molar-refractivity contribution in [3.63, 3.8) is 0 Å². The van der Waals surface area contributed by atoms with E-state index in [-0.39, 0.29) is 18.6 Å². The van der Waals surface area contributed by atoms with Crippen LogP contribution in [0.5, 0.6) is 5.75 Å². The van der Waals surface area contributed by atoms with E-state index >= 15 is 0 Å². The molecule has 0 bridgehead atoms. The summed E-state index contributed by atoms with van der Waals surface area (Å²) in [5, 5.41) is 6.69. The Bertz CT molecular complexity index is 827. The molecule has 3 aromatic rings. The zero-order valence-electron chi connectivity index (χ0n) is 14.1. The van der Waals surface area contributed by atoms with Gasteiger partial charge >= 0.3 is 0 Å². The molecule has 6 heteroatoms. The van der Waals surface area contributed by atoms with E-state index in [0.717, 1.165) is 11.3 Å². The first kappa shape index (κ1) is 16.7. The van der Waals surface area contributed by atoms with Gasteiger partial charge in [0.1, 0.15) is 5.75 Å². The lowest BCUT2D eigenvalue weighted by atomic mass is 10.2. The number of benzene rings is 2. The lowest BCUT2D eigenvalue weighted by molar-refractivity contribution is 0.0946. The lowest BCUT2D eigenvalue weighted by Gasteiger charge is -2.09. The normalized spacial score (nSPS) is 10.7. The van der Waals surface area contributed by atoms with E-state index in [1.165, 1.54) is 0 Å². The zero-order valence-corrected chi connectivity index (χ0v) is 14.1. The van der Waals surface area contributed by atoms with Crippen LogP contribution in [0.3, 0.4) is 0 Å². The van der Waals surface area contributed by atoms with E-state index in [1.54, 1.807) is 24.3 Å². The van der Waals surface area contributed by atoms with Crippen molar-refractivity contribution in [2.75, 3.05) is 0 Å². The highest BCUT2D eigenvalue weighted by molar-refractivity contribution is 5.94. The van der Waals surface area contributed by atoms with E-state index in [0.29, 0.717) is 17.3 Å². The summed E-state index contributed by atoms with van der Waals surface area (Å²) in [5.41, 5.74) is 1.41. The molecule has 0 aliphatic carbocycles. The fourth-order valence-electron chi connectivity index (χ4n) is 2.25. The lowest BCUT2D eigenvalue weighted by Crippen LogP contribution is -2.22. The van der Waals surface area contributed by atoms with Crippen LogP contribution in [0.2, 0.25) is 0 Å². The molecule has 0 radical (unpaired) electrons. The largest absolute Gasteiger partial charge is 0.491 e. The molecule has 0 unspecified atom stereocenters. The molecule has 0 spiro atoms. The SMILES string of the molecule is CC(C)Oc1ccc(C(=O)NCc2nc(-c3ccccc3)no2)cc1. The van der Waals surface area contributed by atoms with Crippen LogP contribution in [0, 0.1) is 0 Å². The highest BCUT2D eigenvalue weighted by Crippen LogP contribution is 2.15. The molecule has 25 heavy (non-hydrogen) atoms. The Morgan fingerprint density at radius 2 is 1.84 bits per heavy atom. The quantitative estimate of drug-likeness (QED) is 0.745. The Balaban J connectivity index is 1.58. The molecule has 1 aromatic heterocycles. The number of rotatable bonds is 6. The molecule has 3 rings (SSSR count). The smallest absolute Gasteiger partial charge is 0.251 e. The van der Waals surface area contributed by atoms with Gasteiger partial charge in [-0.25, -0.2) is 0 Å². The second-order valence-electron chi connectivity index (χ2n) is 5.75. The van der Waals surface area contributed by atoms with E-state index < -0.39 is 0 Å². The second-order valence-corrected chi connectivity index (χ2v) is 5.75. The summed E-state index contributed by atoms with van der Waals surface area (Å²) in [6, 6.07) is 16.5. The van der Waals surface area contributed by atoms with E-state index in [2.05, 4.69) is 15.5 Å². The van der Waals surface area contributed by atoms with Crippen LogP contribution in [0.25, 0.3) is 11.4 Å². The molecule has 2 aromatic carbocycles. The molecule has 128 valence electrons. The Morgan fingerprint density at radius 1 is 1.12 bits per heavy atom. The first-order chi connectivity index (χ1) is 12.1. The van der Waals surface area contributed by atoms with Crippen molar-refractivity contribution >= 4 is 5.91 Å². The monoisotopic (exact) mass is 337 g/mol. The van der Waals surface area contributed by atoms with E-state index in [1.807, 2.05) is 44.2 Å². The van der Waals surface area contributed by atoms with Gasteiger partial charge in [0.2, 0.25) is 11.7 Å². The number of amides is 1. The van der Waals surface area contributed by atoms with Gasteiger partial charge in [0.05, 0.1) is 12.6 Å². The van der Waals surface area contributed by atoms with Crippen LogP contribution in [0.15, 0.2) is 59.1 Å². The third-order valence-corrected chi connectivity index (χ3v) is 3.39. The maximum atomic E-state index is 12.2. The van der Waals surface area contributed by atoms with Crippen molar-refractivity contribution in [2.45, 2.75) is 26.5 Å². The van der Waals surface area contributed by atoms with Gasteiger partial charge in [0.15, 0.2) is 0 Å². The number of carbonyl (C=O) groups excluding carboxylic acids is 1. The molecule has 0 aliphatic rings. The molecule has 1 N–H and O–H groups in total. The van der Waals surface area contributed by atoms with Crippen LogP contribution < -0.4 is 10.1 Å². The number of hydrogen-bond acceptors (Lipinski definition) is 5. The summed E-state index contributed by atoms with van der Waals surface area (Å²) in [4.78, 5) is 16.5. The second kappa shape index (κ2) is 7.61. The summed E-state index contributed by atoms with van der Waals surface area (Å²) in [5.74, 6) is 1.37. The minimum absolute atomic E-state index is 0.0935. The predicted molar refractivity (Wildman–Crippen MR) is 93.1 cm³/mol. The molecule has 0 saturated heterocycles. The third-order valence-electron chi connectivity index (χ3n) is 3.39. The van der Waals surface area contributed by atoms with Crippen molar-refractivity contribution < 1.29 is 14.1 Å². The Labute approximate surface area is 145 Å². The maximum absolute atomic E-state index is 12.2. The highest BCUT2D eigenvalue weighted by atomic mass is 16.5. The maximum Gasteiger partial charge on any atom is 0.251 e. The fraction of sp³-hybridized carbons (Fsp3) is 0.211. The third kappa shape index (κ3) is 4.44. The van der Waals surface area contributed by atoms with Crippen molar-refractivity contribution in [1.29, 1.82) is 0 Å². The van der Waals surface area contributed by atoms with Gasteiger partial charge < -0.3 is 14.6 Å². The van der Waals surface area contributed by atoms with Crippen LogP contribution >= 0.6 is 0 Å². The minimum atomic E-state index is -0.212. The summed E-state index contributed by atoms with van der Waals surface area (Å²) in [7, 11) is 0. The number of nitrogens with one attached hydrogen (secondary N) is 1. The Kier molecular flexibility index (Phi) is 5.09. The van der Waals surface area contributed by atoms with Gasteiger partial charge in [-0.15, -0.1) is 0 Å². The fourth-order valence-corrected chi connectivity index (χ4v) is 2.25. The Hall–Kier alpha value is -3.15. The van der Waals surface area contributed by atoms with Gasteiger partial charge in [-0.05, 0) is 38.1 Å². The standard InChI is InChI=1S/C19H19N3O3/c1-13(2)24-16-10-8-15(9-11-16)19(23)20-12-17-21-18(22-25-17)14-6-4-3-5-7-14/h3-11,13H,12H2,1-2H3,(H,20,23). The van der Waals surface area contributed by atoms with Crippen molar-refractivity contribution in [1.82, 2.24) is 15.5 Å². The molecule has 0 aliphatic heterocycles. The topological polar surface area (TPSA) is 77.2 Å². The molecular weight excluding hydrogens is 318 g/mol. The average Bonchev–Trinajstić information content (AvgIpc) is 3.10. The number of carbonyl (C=O) groups is 1. The predicted octanol–water partition coefficient (Wildman–Crippen LogP) is 3.45. The Morgan fingerprint density at radius 3 is 2.52 bits per heavy atom. The number of ether oxygens (including phenoxy) is 1. The first-order valence-electron chi connectivity index (χ1n) is 8.05. The zero-order chi connectivity index (χ0) is 17.6. The summed E-state index contributed by atoms with van der Waals surface area (Å²) < 4.78 is 10.7. The van der Waals surface area contributed by atoms with Gasteiger partial charge in [-0.1, -0.05) is 35.5 Å². The molecular formula is C19H19N3O3. The van der Waals surface area contributed by atoms with Gasteiger partial charge in [-0.3, -0.25) is 4.79 Å². The first-order valence-corrected chi connectivity index (χ1v) is 8.05. The molecule has 6 nitrogen and oxygen atoms in total. The average molecular weight is 337 g/mol. The number of aromatic nitrogens is 2. The van der Waals surface area contributed by atoms with Gasteiger partial charge in [-0.2, -0.15) is 4.98 Å². The molecule has 1 amide bonds. The van der Waals surface area contributed by atoms with Crippen LogP contribution in [-0.2, 0) is 6.54 Å². The summed E-state index contributed by atoms with van der Waals surface area (Å²) in [6.45, 7) is 4.08. The summed E-state index contributed by atoms with van der Waals surface area (Å²) in [6.07, 6.45) is 0.0935. The molecule has 0 saturated carbocycles. The number of hydrogen-bond donors (Lipinski definition) is 1. The highest BCUT2D eigenvalue weighted by Gasteiger charge is 2.11. The van der Waals surface area contributed by atoms with E-state index in [9.17, 15) is 4.79 Å². The summed E-state index contributed by atoms with van der Waals surface area (Å²) >= 11 is 0. The van der Waals surface area contributed by atoms with Gasteiger partial charge in [0.25, 0.3) is 5.91 Å². The van der Waals surface area contributed by atoms with Crippen molar-refractivity contribution in [3.8, 4) is 17.1 Å². The van der Waals surface area contributed by atoms with Crippen LogP contribution in [0.4, 0.5) is 0 Å². The minimum Gasteiger partial charge on any atom is -0.491 e. The van der Waals surface area contributed by atoms with E-state index in [4.69, 9.17) is 9.26 Å².